The Kier molecular flexibility index (Phi) is 3.09. The van der Waals surface area contributed by atoms with Crippen LogP contribution in [0.25, 0.3) is 0 Å². The van der Waals surface area contributed by atoms with E-state index in [0.717, 1.165) is 19.1 Å². The van der Waals surface area contributed by atoms with Gasteiger partial charge in [0.1, 0.15) is 0 Å². The summed E-state index contributed by atoms with van der Waals surface area (Å²) in [6.45, 7) is 12.6. The smallest absolute Gasteiger partial charge is 0.0742 e. The summed E-state index contributed by atoms with van der Waals surface area (Å²) >= 11 is 0. The van der Waals surface area contributed by atoms with E-state index in [0.29, 0.717) is 17.6 Å². The summed E-state index contributed by atoms with van der Waals surface area (Å²) in [6.07, 6.45) is 3.18. The van der Waals surface area contributed by atoms with Crippen LogP contribution in [-0.2, 0) is 4.74 Å². The monoisotopic (exact) mass is 211 g/mol. The van der Waals surface area contributed by atoms with Crippen LogP contribution in [0.5, 0.6) is 0 Å². The molecule has 2 unspecified atom stereocenters. The van der Waals surface area contributed by atoms with Crippen LogP contribution in [0, 0.1) is 11.3 Å². The molecule has 2 fully saturated rings. The summed E-state index contributed by atoms with van der Waals surface area (Å²) in [5, 5.41) is 0. The number of ether oxygens (including phenoxy) is 1. The fraction of sp³-hybridized carbons (Fsp3) is 1.00. The molecular weight excluding hydrogens is 186 g/mol. The second-order valence-corrected chi connectivity index (χ2v) is 6.36. The number of rotatable bonds is 1. The summed E-state index contributed by atoms with van der Waals surface area (Å²) in [5.74, 6) is 0.786. The van der Waals surface area contributed by atoms with Crippen molar-refractivity contribution in [2.75, 3.05) is 19.7 Å². The molecule has 0 spiro atoms. The third kappa shape index (κ3) is 2.54. The molecule has 0 aromatic heterocycles. The van der Waals surface area contributed by atoms with E-state index < -0.39 is 0 Å². The van der Waals surface area contributed by atoms with Crippen LogP contribution in [-0.4, -0.2) is 36.7 Å². The predicted octanol–water partition coefficient (Wildman–Crippen LogP) is 2.53. The van der Waals surface area contributed by atoms with Crippen molar-refractivity contribution in [3.8, 4) is 0 Å². The fourth-order valence-electron chi connectivity index (χ4n) is 2.74. The van der Waals surface area contributed by atoms with Gasteiger partial charge in [0.05, 0.1) is 12.7 Å². The normalized spacial score (nSPS) is 36.6. The first kappa shape index (κ1) is 11.4. The van der Waals surface area contributed by atoms with Crippen molar-refractivity contribution in [3.63, 3.8) is 0 Å². The zero-order valence-corrected chi connectivity index (χ0v) is 10.6. The first-order chi connectivity index (χ1) is 6.98. The largest absolute Gasteiger partial charge is 0.376 e. The number of hydrogen-bond donors (Lipinski definition) is 0. The molecule has 0 aromatic rings. The van der Waals surface area contributed by atoms with E-state index >= 15 is 0 Å². The molecule has 2 aliphatic heterocycles. The zero-order valence-electron chi connectivity index (χ0n) is 10.6. The van der Waals surface area contributed by atoms with Gasteiger partial charge in [0, 0.05) is 19.1 Å². The van der Waals surface area contributed by atoms with Gasteiger partial charge in [-0.3, -0.25) is 4.90 Å². The molecule has 2 aliphatic rings. The van der Waals surface area contributed by atoms with Gasteiger partial charge in [-0.1, -0.05) is 13.8 Å². The Bertz CT molecular complexity index is 207. The van der Waals surface area contributed by atoms with Crippen molar-refractivity contribution in [1.29, 1.82) is 0 Å². The van der Waals surface area contributed by atoms with Crippen molar-refractivity contribution in [2.24, 2.45) is 11.3 Å². The molecule has 2 atom stereocenters. The summed E-state index contributed by atoms with van der Waals surface area (Å²) in [7, 11) is 0. The average Bonchev–Trinajstić information content (AvgIpc) is 2.50. The lowest BCUT2D eigenvalue weighted by atomic mass is 9.86. The lowest BCUT2D eigenvalue weighted by Gasteiger charge is -2.24. The number of fused-ring (bicyclic) bond motifs is 1. The van der Waals surface area contributed by atoms with E-state index in [-0.39, 0.29) is 0 Å². The molecule has 0 amide bonds. The molecule has 0 N–H and O–H groups in total. The fourth-order valence-corrected chi connectivity index (χ4v) is 2.74. The van der Waals surface area contributed by atoms with Crippen molar-refractivity contribution in [2.45, 2.75) is 52.7 Å². The number of nitrogens with zero attached hydrogens (tertiary/aromatic N) is 1. The van der Waals surface area contributed by atoms with Gasteiger partial charge >= 0.3 is 0 Å². The Labute approximate surface area is 94.0 Å². The molecule has 0 aliphatic carbocycles. The molecule has 2 saturated heterocycles. The minimum atomic E-state index is 0.396. The van der Waals surface area contributed by atoms with Crippen LogP contribution in [0.3, 0.4) is 0 Å². The average molecular weight is 211 g/mol. The maximum absolute atomic E-state index is 6.08. The lowest BCUT2D eigenvalue weighted by molar-refractivity contribution is 0.00938. The SMILES string of the molecule is CC(C)N1CC2CCC(C)(C)COC2C1. The first-order valence-electron chi connectivity index (χ1n) is 6.33. The summed E-state index contributed by atoms with van der Waals surface area (Å²) in [4.78, 5) is 2.56. The standard InChI is InChI=1S/C13H25NO/c1-10(2)14-7-11-5-6-13(3,4)9-15-12(11)8-14/h10-12H,5-9H2,1-4H3. The van der Waals surface area contributed by atoms with Crippen LogP contribution < -0.4 is 0 Å². The Morgan fingerprint density at radius 1 is 1.27 bits per heavy atom. The maximum atomic E-state index is 6.08. The summed E-state index contributed by atoms with van der Waals surface area (Å²) in [6, 6.07) is 0.675. The highest BCUT2D eigenvalue weighted by molar-refractivity contribution is 4.90. The third-order valence-electron chi connectivity index (χ3n) is 4.02. The van der Waals surface area contributed by atoms with Gasteiger partial charge in [-0.05, 0) is 38.0 Å². The van der Waals surface area contributed by atoms with Crippen LogP contribution in [0.15, 0.2) is 0 Å². The molecule has 0 radical (unpaired) electrons. The van der Waals surface area contributed by atoms with Crippen molar-refractivity contribution in [3.05, 3.63) is 0 Å². The van der Waals surface area contributed by atoms with Gasteiger partial charge in [-0.15, -0.1) is 0 Å². The Hall–Kier alpha value is -0.0800. The Morgan fingerprint density at radius 2 is 2.00 bits per heavy atom. The summed E-state index contributed by atoms with van der Waals surface area (Å²) in [5.41, 5.74) is 0.396. The quantitative estimate of drug-likeness (QED) is 0.661. The van der Waals surface area contributed by atoms with E-state index in [1.54, 1.807) is 0 Å². The molecule has 88 valence electrons. The third-order valence-corrected chi connectivity index (χ3v) is 4.02. The van der Waals surface area contributed by atoms with Crippen LogP contribution in [0.1, 0.15) is 40.5 Å². The minimum Gasteiger partial charge on any atom is -0.376 e. The Balaban J connectivity index is 1.96. The van der Waals surface area contributed by atoms with E-state index in [2.05, 4.69) is 32.6 Å². The van der Waals surface area contributed by atoms with E-state index in [9.17, 15) is 0 Å². The lowest BCUT2D eigenvalue weighted by Crippen LogP contribution is -2.31. The van der Waals surface area contributed by atoms with Gasteiger partial charge in [0.2, 0.25) is 0 Å². The van der Waals surface area contributed by atoms with Crippen LogP contribution in [0.4, 0.5) is 0 Å². The highest BCUT2D eigenvalue weighted by Gasteiger charge is 2.38. The molecule has 2 heteroatoms. The highest BCUT2D eigenvalue weighted by Crippen LogP contribution is 2.35. The first-order valence-corrected chi connectivity index (χ1v) is 6.33. The molecule has 2 nitrogen and oxygen atoms in total. The molecular formula is C13H25NO. The van der Waals surface area contributed by atoms with Crippen LogP contribution >= 0.6 is 0 Å². The maximum Gasteiger partial charge on any atom is 0.0742 e. The second-order valence-electron chi connectivity index (χ2n) is 6.36. The predicted molar refractivity (Wildman–Crippen MR) is 63.0 cm³/mol. The van der Waals surface area contributed by atoms with Crippen molar-refractivity contribution in [1.82, 2.24) is 4.90 Å². The van der Waals surface area contributed by atoms with Gasteiger partial charge in [0.15, 0.2) is 0 Å². The molecule has 2 heterocycles. The summed E-state index contributed by atoms with van der Waals surface area (Å²) < 4.78 is 6.08. The van der Waals surface area contributed by atoms with E-state index in [1.165, 1.54) is 19.4 Å². The molecule has 0 bridgehead atoms. The van der Waals surface area contributed by atoms with E-state index in [4.69, 9.17) is 4.74 Å². The molecule has 2 rings (SSSR count). The minimum absolute atomic E-state index is 0.396. The molecule has 0 saturated carbocycles. The molecule has 0 aromatic carbocycles. The highest BCUT2D eigenvalue weighted by atomic mass is 16.5. The van der Waals surface area contributed by atoms with Crippen LogP contribution in [0.2, 0.25) is 0 Å². The van der Waals surface area contributed by atoms with E-state index in [1.807, 2.05) is 0 Å². The number of hydrogen-bond acceptors (Lipinski definition) is 2. The number of likely N-dealkylation sites (tertiary alicyclic amines) is 1. The van der Waals surface area contributed by atoms with Crippen molar-refractivity contribution >= 4 is 0 Å². The zero-order chi connectivity index (χ0) is 11.1. The topological polar surface area (TPSA) is 12.5 Å². The van der Waals surface area contributed by atoms with Gasteiger partial charge in [-0.25, -0.2) is 0 Å². The second kappa shape index (κ2) is 4.06. The molecule has 15 heavy (non-hydrogen) atoms. The Morgan fingerprint density at radius 3 is 2.67 bits per heavy atom. The van der Waals surface area contributed by atoms with Gasteiger partial charge in [-0.2, -0.15) is 0 Å². The van der Waals surface area contributed by atoms with Crippen molar-refractivity contribution < 1.29 is 4.74 Å². The van der Waals surface area contributed by atoms with Gasteiger partial charge < -0.3 is 4.74 Å². The van der Waals surface area contributed by atoms with Gasteiger partial charge in [0.25, 0.3) is 0 Å².